The number of rotatable bonds is 13. The molecular formula is C32H34N4O9S. The second-order valence-electron chi connectivity index (χ2n) is 11.2. The van der Waals surface area contributed by atoms with Crippen molar-refractivity contribution in [2.45, 2.75) is 55.0 Å². The fourth-order valence-electron chi connectivity index (χ4n) is 6.04. The number of carbonyl (C=O) groups is 3. The highest BCUT2D eigenvalue weighted by Gasteiger charge is 2.38. The van der Waals surface area contributed by atoms with E-state index in [-0.39, 0.29) is 42.6 Å². The van der Waals surface area contributed by atoms with Crippen LogP contribution in [0.3, 0.4) is 0 Å². The number of nitrogens with one attached hydrogen (secondary N) is 2. The number of carbonyl (C=O) groups excluding carboxylic acids is 2. The van der Waals surface area contributed by atoms with Gasteiger partial charge in [-0.1, -0.05) is 48.5 Å². The van der Waals surface area contributed by atoms with Gasteiger partial charge in [0.1, 0.15) is 18.7 Å². The minimum Gasteiger partial charge on any atom is -0.480 e. The van der Waals surface area contributed by atoms with Crippen LogP contribution in [0.25, 0.3) is 11.1 Å². The highest BCUT2D eigenvalue weighted by atomic mass is 32.2. The van der Waals surface area contributed by atoms with E-state index in [9.17, 15) is 38.0 Å². The first-order valence-electron chi connectivity index (χ1n) is 15.0. The van der Waals surface area contributed by atoms with Crippen molar-refractivity contribution in [3.63, 3.8) is 0 Å². The highest BCUT2D eigenvalue weighted by molar-refractivity contribution is 7.89. The number of nitro benzene ring substituents is 1. The summed E-state index contributed by atoms with van der Waals surface area (Å²) in [5.74, 6) is -1.85. The number of carboxylic acid groups (broad SMARTS) is 1. The van der Waals surface area contributed by atoms with Crippen LogP contribution < -0.4 is 10.0 Å². The summed E-state index contributed by atoms with van der Waals surface area (Å²) >= 11 is 0. The molecule has 3 aromatic carbocycles. The largest absolute Gasteiger partial charge is 0.480 e. The molecule has 1 aliphatic carbocycles. The topological polar surface area (TPSA) is 185 Å². The van der Waals surface area contributed by atoms with Gasteiger partial charge in [-0.2, -0.15) is 0 Å². The van der Waals surface area contributed by atoms with Gasteiger partial charge >= 0.3 is 12.1 Å². The Morgan fingerprint density at radius 1 is 0.978 bits per heavy atom. The maximum absolute atomic E-state index is 13.5. The summed E-state index contributed by atoms with van der Waals surface area (Å²) in [5, 5.41) is 23.1. The van der Waals surface area contributed by atoms with Crippen LogP contribution in [0.15, 0.2) is 77.7 Å². The lowest BCUT2D eigenvalue weighted by Crippen LogP contribution is -2.51. The molecule has 1 heterocycles. The monoisotopic (exact) mass is 650 g/mol. The van der Waals surface area contributed by atoms with E-state index in [2.05, 4.69) is 10.0 Å². The third-order valence-electron chi connectivity index (χ3n) is 8.32. The Bertz CT molecular complexity index is 1680. The van der Waals surface area contributed by atoms with Crippen molar-refractivity contribution >= 4 is 33.7 Å². The average Bonchev–Trinajstić information content (AvgIpc) is 3.66. The van der Waals surface area contributed by atoms with Gasteiger partial charge in [0.05, 0.1) is 9.82 Å². The van der Waals surface area contributed by atoms with Gasteiger partial charge in [0.25, 0.3) is 5.69 Å². The molecule has 1 fully saturated rings. The van der Waals surface area contributed by atoms with Crippen LogP contribution in [0.1, 0.15) is 49.1 Å². The molecule has 0 unspecified atom stereocenters. The number of fused-ring (bicyclic) bond motifs is 3. The molecule has 242 valence electrons. The standard InChI is InChI=1S/C32H34N4O9S/c37-30(35-19-7-13-29(35)31(38)39)28(12-5-6-18-33-46(43,44)22-16-14-21(15-17-22)36(41)42)34-32(40)45-20-27-25-10-3-1-8-23(25)24-9-2-4-11-26(24)27/h1-4,8-11,14-17,27-29,33H,5-7,12-13,18-20H2,(H,34,40)(H,38,39)/t28-,29-/m0/s1. The Hall–Kier alpha value is -4.82. The number of nitro groups is 1. The van der Waals surface area contributed by atoms with Crippen LogP contribution in [-0.4, -0.2) is 73.1 Å². The van der Waals surface area contributed by atoms with E-state index >= 15 is 0 Å². The van der Waals surface area contributed by atoms with Gasteiger partial charge in [-0.25, -0.2) is 22.7 Å². The number of sulfonamides is 1. The number of alkyl carbamates (subject to hydrolysis) is 1. The highest BCUT2D eigenvalue weighted by Crippen LogP contribution is 2.44. The number of unbranched alkanes of at least 4 members (excludes halogenated alkanes) is 1. The van der Waals surface area contributed by atoms with Crippen molar-refractivity contribution in [1.29, 1.82) is 0 Å². The molecule has 1 aliphatic heterocycles. The molecule has 2 aliphatic rings. The zero-order valence-electron chi connectivity index (χ0n) is 24.8. The molecular weight excluding hydrogens is 616 g/mol. The Labute approximate surface area is 265 Å². The quantitative estimate of drug-likeness (QED) is 0.140. The maximum Gasteiger partial charge on any atom is 0.407 e. The Balaban J connectivity index is 1.20. The molecule has 46 heavy (non-hydrogen) atoms. The van der Waals surface area contributed by atoms with Gasteiger partial charge in [0, 0.05) is 31.1 Å². The number of hydrogen-bond acceptors (Lipinski definition) is 8. The van der Waals surface area contributed by atoms with E-state index in [1.807, 2.05) is 48.5 Å². The normalized spacial score (nSPS) is 16.3. The molecule has 14 heteroatoms. The van der Waals surface area contributed by atoms with Crippen LogP contribution in [0.4, 0.5) is 10.5 Å². The Kier molecular flexibility index (Phi) is 9.97. The molecule has 0 aromatic heterocycles. The summed E-state index contributed by atoms with van der Waals surface area (Å²) < 4.78 is 33.3. The number of carboxylic acids is 1. The lowest BCUT2D eigenvalue weighted by Gasteiger charge is -2.27. The summed E-state index contributed by atoms with van der Waals surface area (Å²) in [6, 6.07) is 18.2. The smallest absolute Gasteiger partial charge is 0.407 e. The zero-order valence-corrected chi connectivity index (χ0v) is 25.6. The molecule has 13 nitrogen and oxygen atoms in total. The zero-order chi connectivity index (χ0) is 32.8. The first-order valence-corrected chi connectivity index (χ1v) is 16.4. The number of non-ortho nitro benzene ring substituents is 1. The summed E-state index contributed by atoms with van der Waals surface area (Å²) in [5.41, 5.74) is 3.96. The predicted octanol–water partition coefficient (Wildman–Crippen LogP) is 4.03. The number of aliphatic carboxylic acids is 1. The van der Waals surface area contributed by atoms with Crippen molar-refractivity contribution < 1.29 is 37.6 Å². The van der Waals surface area contributed by atoms with Gasteiger partial charge in [0.15, 0.2) is 0 Å². The van der Waals surface area contributed by atoms with E-state index in [1.54, 1.807) is 0 Å². The van der Waals surface area contributed by atoms with Crippen molar-refractivity contribution in [3.8, 4) is 11.1 Å². The van der Waals surface area contributed by atoms with Crippen molar-refractivity contribution in [2.24, 2.45) is 0 Å². The molecule has 2 amide bonds. The fourth-order valence-corrected chi connectivity index (χ4v) is 7.11. The van der Waals surface area contributed by atoms with Crippen molar-refractivity contribution in [2.75, 3.05) is 19.7 Å². The lowest BCUT2D eigenvalue weighted by atomic mass is 9.98. The minimum atomic E-state index is -3.93. The average molecular weight is 651 g/mol. The molecule has 3 aromatic rings. The fraction of sp³-hybridized carbons (Fsp3) is 0.344. The van der Waals surface area contributed by atoms with Crippen LogP contribution >= 0.6 is 0 Å². The van der Waals surface area contributed by atoms with Gasteiger partial charge in [-0.05, 0) is 66.5 Å². The number of likely N-dealkylation sites (tertiary alicyclic amines) is 1. The van der Waals surface area contributed by atoms with E-state index < -0.39 is 45.0 Å². The van der Waals surface area contributed by atoms with Gasteiger partial charge in [-0.15, -0.1) is 0 Å². The Morgan fingerprint density at radius 3 is 2.22 bits per heavy atom. The van der Waals surface area contributed by atoms with Crippen molar-refractivity contribution in [3.05, 3.63) is 94.0 Å². The molecule has 3 N–H and O–H groups in total. The van der Waals surface area contributed by atoms with E-state index in [0.717, 1.165) is 46.5 Å². The maximum atomic E-state index is 13.5. The summed E-state index contributed by atoms with van der Waals surface area (Å²) in [4.78, 5) is 49.7. The first-order chi connectivity index (χ1) is 22.1. The van der Waals surface area contributed by atoms with Crippen LogP contribution in [0.2, 0.25) is 0 Å². The van der Waals surface area contributed by atoms with E-state index in [1.165, 1.54) is 4.90 Å². The molecule has 0 spiro atoms. The molecule has 0 radical (unpaired) electrons. The SMILES string of the molecule is O=C(N[C@@H](CCCCNS(=O)(=O)c1ccc([N+](=O)[O-])cc1)C(=O)N1CCC[C@H]1C(=O)O)OCC1c2ccccc2-c2ccccc21. The molecule has 2 atom stereocenters. The lowest BCUT2D eigenvalue weighted by molar-refractivity contribution is -0.384. The molecule has 1 saturated heterocycles. The minimum absolute atomic E-state index is 0.00659. The van der Waals surface area contributed by atoms with E-state index in [4.69, 9.17) is 4.74 Å². The predicted molar refractivity (Wildman–Crippen MR) is 166 cm³/mol. The number of benzene rings is 3. The summed E-state index contributed by atoms with van der Waals surface area (Å²) in [7, 11) is -3.93. The van der Waals surface area contributed by atoms with Gasteiger partial charge < -0.3 is 20.1 Å². The molecule has 0 saturated carbocycles. The van der Waals surface area contributed by atoms with Gasteiger partial charge in [0.2, 0.25) is 15.9 Å². The van der Waals surface area contributed by atoms with Crippen LogP contribution in [0, 0.1) is 10.1 Å². The number of nitrogens with zero attached hydrogens (tertiary/aromatic N) is 2. The third-order valence-corrected chi connectivity index (χ3v) is 9.80. The van der Waals surface area contributed by atoms with Crippen molar-refractivity contribution in [1.82, 2.24) is 14.9 Å². The second-order valence-corrected chi connectivity index (χ2v) is 13.0. The summed E-state index contributed by atoms with van der Waals surface area (Å²) in [6.45, 7) is 0.285. The van der Waals surface area contributed by atoms with E-state index in [0.29, 0.717) is 25.7 Å². The Morgan fingerprint density at radius 2 is 1.61 bits per heavy atom. The number of hydrogen-bond donors (Lipinski definition) is 3. The molecule has 5 rings (SSSR count). The number of amides is 2. The number of ether oxygens (including phenoxy) is 1. The summed E-state index contributed by atoms with van der Waals surface area (Å²) in [6.07, 6.45) is 0.739. The van der Waals surface area contributed by atoms with Crippen LogP contribution in [-0.2, 0) is 24.3 Å². The second kappa shape index (κ2) is 14.1. The van der Waals surface area contributed by atoms with Gasteiger partial charge in [-0.3, -0.25) is 14.9 Å². The third kappa shape index (κ3) is 7.18. The first kappa shape index (κ1) is 32.6. The van der Waals surface area contributed by atoms with Crippen LogP contribution in [0.5, 0.6) is 0 Å². The molecule has 0 bridgehead atoms.